The van der Waals surface area contributed by atoms with E-state index in [9.17, 15) is 0 Å². The smallest absolute Gasteiger partial charge is 0.123 e. The number of ether oxygens (including phenoxy) is 1. The Hall–Kier alpha value is -1.02. The number of para-hydroxylation sites is 1. The van der Waals surface area contributed by atoms with Crippen molar-refractivity contribution in [3.05, 3.63) is 29.8 Å². The average Bonchev–Trinajstić information content (AvgIpc) is 2.30. The molecule has 1 saturated heterocycles. The van der Waals surface area contributed by atoms with Gasteiger partial charge in [-0.15, -0.1) is 0 Å². The minimum Gasteiger partial charge on any atom is -0.491 e. The molecule has 0 amide bonds. The van der Waals surface area contributed by atoms with Gasteiger partial charge in [-0.3, -0.25) is 0 Å². The first-order valence-corrected chi connectivity index (χ1v) is 6.23. The van der Waals surface area contributed by atoms with E-state index in [-0.39, 0.29) is 6.10 Å². The lowest BCUT2D eigenvalue weighted by atomic mass is 9.91. The van der Waals surface area contributed by atoms with Gasteiger partial charge in [-0.25, -0.2) is 0 Å². The van der Waals surface area contributed by atoms with E-state index >= 15 is 0 Å². The Morgan fingerprint density at radius 3 is 2.81 bits per heavy atom. The van der Waals surface area contributed by atoms with Crippen LogP contribution in [0.4, 0.5) is 0 Å². The van der Waals surface area contributed by atoms with Gasteiger partial charge in [0.25, 0.3) is 0 Å². The second kappa shape index (κ2) is 5.35. The summed E-state index contributed by atoms with van der Waals surface area (Å²) in [6, 6.07) is 8.45. The zero-order valence-electron chi connectivity index (χ0n) is 10.2. The molecule has 0 radical (unpaired) electrons. The minimum atomic E-state index is 0.248. The molecule has 16 heavy (non-hydrogen) atoms. The molecule has 1 aliphatic heterocycles. The first kappa shape index (κ1) is 11.5. The molecular formula is C14H21NO. The van der Waals surface area contributed by atoms with Gasteiger partial charge in [0.05, 0.1) is 6.10 Å². The molecule has 1 atom stereocenters. The maximum absolute atomic E-state index is 5.87. The van der Waals surface area contributed by atoms with E-state index in [1.165, 1.54) is 18.4 Å². The second-order valence-corrected chi connectivity index (χ2v) is 4.75. The third-order valence-electron chi connectivity index (χ3n) is 3.02. The highest BCUT2D eigenvalue weighted by molar-refractivity contribution is 5.36. The van der Waals surface area contributed by atoms with E-state index < -0.39 is 0 Å². The highest BCUT2D eigenvalue weighted by Crippen LogP contribution is 2.31. The molecule has 2 rings (SSSR count). The number of nitrogens with one attached hydrogen (secondary N) is 1. The molecule has 1 N–H and O–H groups in total. The van der Waals surface area contributed by atoms with Gasteiger partial charge in [-0.2, -0.15) is 0 Å². The monoisotopic (exact) mass is 219 g/mol. The Kier molecular flexibility index (Phi) is 3.83. The van der Waals surface area contributed by atoms with Gasteiger partial charge in [0.15, 0.2) is 0 Å². The van der Waals surface area contributed by atoms with Crippen molar-refractivity contribution >= 4 is 0 Å². The topological polar surface area (TPSA) is 21.3 Å². The Bertz CT molecular complexity index is 329. The first-order valence-electron chi connectivity index (χ1n) is 6.23. The molecule has 88 valence electrons. The predicted molar refractivity (Wildman–Crippen MR) is 67.1 cm³/mol. The molecule has 0 spiro atoms. The highest BCUT2D eigenvalue weighted by atomic mass is 16.5. The maximum Gasteiger partial charge on any atom is 0.123 e. The first-order chi connectivity index (χ1) is 7.77. The zero-order valence-corrected chi connectivity index (χ0v) is 10.2. The van der Waals surface area contributed by atoms with Crippen LogP contribution in [0.5, 0.6) is 5.75 Å². The van der Waals surface area contributed by atoms with Crippen LogP contribution in [0.25, 0.3) is 0 Å². The molecule has 1 aromatic rings. The summed E-state index contributed by atoms with van der Waals surface area (Å²) >= 11 is 0. The standard InChI is InChI=1S/C14H21NO/c1-11(2)16-14-8-4-3-7-13(14)12-6-5-9-15-10-12/h3-4,7-8,11-12,15H,5-6,9-10H2,1-2H3. The van der Waals surface area contributed by atoms with Crippen molar-refractivity contribution in [2.45, 2.75) is 38.7 Å². The van der Waals surface area contributed by atoms with Crippen LogP contribution in [0.2, 0.25) is 0 Å². The van der Waals surface area contributed by atoms with E-state index in [0.717, 1.165) is 18.8 Å². The van der Waals surface area contributed by atoms with E-state index in [2.05, 4.69) is 43.4 Å². The number of piperidine rings is 1. The van der Waals surface area contributed by atoms with E-state index in [1.807, 2.05) is 0 Å². The van der Waals surface area contributed by atoms with Gasteiger partial charge in [0, 0.05) is 12.5 Å². The zero-order chi connectivity index (χ0) is 11.4. The lowest BCUT2D eigenvalue weighted by Crippen LogP contribution is -2.28. The third kappa shape index (κ3) is 2.76. The molecule has 1 unspecified atom stereocenters. The summed E-state index contributed by atoms with van der Waals surface area (Å²) in [6.07, 6.45) is 2.78. The van der Waals surface area contributed by atoms with E-state index in [0.29, 0.717) is 5.92 Å². The molecule has 2 nitrogen and oxygen atoms in total. The molecule has 0 bridgehead atoms. The Balaban J connectivity index is 2.17. The summed E-state index contributed by atoms with van der Waals surface area (Å²) in [4.78, 5) is 0. The van der Waals surface area contributed by atoms with Crippen LogP contribution in [0.1, 0.15) is 38.2 Å². The summed E-state index contributed by atoms with van der Waals surface area (Å²) in [5.41, 5.74) is 1.36. The van der Waals surface area contributed by atoms with Gasteiger partial charge < -0.3 is 10.1 Å². The number of rotatable bonds is 3. The van der Waals surface area contributed by atoms with Crippen molar-refractivity contribution in [3.63, 3.8) is 0 Å². The molecule has 1 fully saturated rings. The fraction of sp³-hybridized carbons (Fsp3) is 0.571. The van der Waals surface area contributed by atoms with E-state index in [4.69, 9.17) is 4.74 Å². The summed E-state index contributed by atoms with van der Waals surface area (Å²) in [5.74, 6) is 1.68. The normalized spacial score (nSPS) is 21.1. The Morgan fingerprint density at radius 2 is 2.12 bits per heavy atom. The molecule has 0 aliphatic carbocycles. The van der Waals surface area contributed by atoms with Crippen LogP contribution >= 0.6 is 0 Å². The summed E-state index contributed by atoms with van der Waals surface area (Å²) in [6.45, 7) is 6.40. The fourth-order valence-electron chi connectivity index (χ4n) is 2.30. The van der Waals surface area contributed by atoms with Crippen LogP contribution in [-0.4, -0.2) is 19.2 Å². The van der Waals surface area contributed by atoms with E-state index in [1.54, 1.807) is 0 Å². The maximum atomic E-state index is 5.87. The number of hydrogen-bond donors (Lipinski definition) is 1. The van der Waals surface area contributed by atoms with Crippen LogP contribution in [-0.2, 0) is 0 Å². The minimum absolute atomic E-state index is 0.248. The van der Waals surface area contributed by atoms with Crippen molar-refractivity contribution in [2.75, 3.05) is 13.1 Å². The van der Waals surface area contributed by atoms with Gasteiger partial charge in [-0.05, 0) is 44.9 Å². The third-order valence-corrected chi connectivity index (χ3v) is 3.02. The molecule has 1 aromatic carbocycles. The van der Waals surface area contributed by atoms with Gasteiger partial charge in [0.1, 0.15) is 5.75 Å². The average molecular weight is 219 g/mol. The molecule has 0 saturated carbocycles. The van der Waals surface area contributed by atoms with Crippen molar-refractivity contribution in [1.29, 1.82) is 0 Å². The molecule has 2 heteroatoms. The summed E-state index contributed by atoms with van der Waals surface area (Å²) in [5, 5.41) is 3.46. The second-order valence-electron chi connectivity index (χ2n) is 4.75. The fourth-order valence-corrected chi connectivity index (χ4v) is 2.30. The highest BCUT2D eigenvalue weighted by Gasteiger charge is 2.18. The Labute approximate surface area is 98.0 Å². The summed E-state index contributed by atoms with van der Waals surface area (Å²) in [7, 11) is 0. The lowest BCUT2D eigenvalue weighted by Gasteiger charge is -2.25. The van der Waals surface area contributed by atoms with Crippen LogP contribution < -0.4 is 10.1 Å². The molecule has 1 aliphatic rings. The molecule has 1 heterocycles. The van der Waals surface area contributed by atoms with Crippen LogP contribution in [0.15, 0.2) is 24.3 Å². The van der Waals surface area contributed by atoms with Crippen molar-refractivity contribution < 1.29 is 4.74 Å². The Morgan fingerprint density at radius 1 is 1.31 bits per heavy atom. The number of hydrogen-bond acceptors (Lipinski definition) is 2. The van der Waals surface area contributed by atoms with Gasteiger partial charge >= 0.3 is 0 Å². The van der Waals surface area contributed by atoms with Gasteiger partial charge in [-0.1, -0.05) is 18.2 Å². The van der Waals surface area contributed by atoms with Crippen molar-refractivity contribution in [3.8, 4) is 5.75 Å². The SMILES string of the molecule is CC(C)Oc1ccccc1C1CCCNC1. The predicted octanol–water partition coefficient (Wildman–Crippen LogP) is 2.94. The van der Waals surface area contributed by atoms with Crippen molar-refractivity contribution in [2.24, 2.45) is 0 Å². The molecular weight excluding hydrogens is 198 g/mol. The van der Waals surface area contributed by atoms with Gasteiger partial charge in [0.2, 0.25) is 0 Å². The number of benzene rings is 1. The quantitative estimate of drug-likeness (QED) is 0.844. The summed E-state index contributed by atoms with van der Waals surface area (Å²) < 4.78 is 5.87. The van der Waals surface area contributed by atoms with Crippen LogP contribution in [0, 0.1) is 0 Å². The lowest BCUT2D eigenvalue weighted by molar-refractivity contribution is 0.237. The largest absolute Gasteiger partial charge is 0.491 e. The van der Waals surface area contributed by atoms with Crippen LogP contribution in [0.3, 0.4) is 0 Å². The van der Waals surface area contributed by atoms with Crippen molar-refractivity contribution in [1.82, 2.24) is 5.32 Å². The molecule has 0 aromatic heterocycles.